The van der Waals surface area contributed by atoms with Crippen LogP contribution in [0.3, 0.4) is 0 Å². The third-order valence-electron chi connectivity index (χ3n) is 4.59. The second kappa shape index (κ2) is 6.62. The zero-order chi connectivity index (χ0) is 16.3. The van der Waals surface area contributed by atoms with Gasteiger partial charge in [0.15, 0.2) is 0 Å². The number of benzene rings is 1. The molecule has 120 valence electrons. The highest BCUT2D eigenvalue weighted by Gasteiger charge is 2.34. The van der Waals surface area contributed by atoms with Crippen LogP contribution in [0, 0.1) is 15.5 Å². The van der Waals surface area contributed by atoms with E-state index in [0.29, 0.717) is 13.1 Å². The molecular formula is C15H19ClN2O4. The minimum Gasteiger partial charge on any atom is -0.396 e. The molecule has 1 N–H and O–H groups in total. The summed E-state index contributed by atoms with van der Waals surface area (Å²) in [6, 6.07) is 3.88. The van der Waals surface area contributed by atoms with E-state index < -0.39 is 4.92 Å². The summed E-state index contributed by atoms with van der Waals surface area (Å²) in [6.45, 7) is 3.19. The molecule has 1 amide bonds. The average molecular weight is 327 g/mol. The van der Waals surface area contributed by atoms with E-state index in [2.05, 4.69) is 0 Å². The molecule has 0 radical (unpaired) electrons. The van der Waals surface area contributed by atoms with Gasteiger partial charge in [-0.3, -0.25) is 14.9 Å². The fourth-order valence-electron chi connectivity index (χ4n) is 2.77. The zero-order valence-corrected chi connectivity index (χ0v) is 13.2. The number of aliphatic hydroxyl groups is 1. The lowest BCUT2D eigenvalue weighted by molar-refractivity contribution is -0.384. The molecule has 22 heavy (non-hydrogen) atoms. The Morgan fingerprint density at radius 2 is 2.09 bits per heavy atom. The largest absolute Gasteiger partial charge is 0.396 e. The summed E-state index contributed by atoms with van der Waals surface area (Å²) in [5.41, 5.74) is -0.115. The van der Waals surface area contributed by atoms with Crippen LogP contribution >= 0.6 is 11.6 Å². The standard InChI is InChI=1S/C15H19ClN2O4/c1-2-15(10-19)5-7-17(8-6-15)14(20)12-9-11(18(21)22)3-4-13(12)16/h3-4,9,19H,2,5-8,10H2,1H3. The van der Waals surface area contributed by atoms with Crippen LogP contribution in [-0.4, -0.2) is 40.5 Å². The number of hydrogen-bond donors (Lipinski definition) is 1. The van der Waals surface area contributed by atoms with Gasteiger partial charge in [-0.1, -0.05) is 18.5 Å². The first-order valence-electron chi connectivity index (χ1n) is 7.26. The van der Waals surface area contributed by atoms with E-state index in [0.717, 1.165) is 19.3 Å². The molecule has 0 bridgehead atoms. The number of carbonyl (C=O) groups is 1. The Morgan fingerprint density at radius 1 is 1.45 bits per heavy atom. The summed E-state index contributed by atoms with van der Waals surface area (Å²) < 4.78 is 0. The number of likely N-dealkylation sites (tertiary alicyclic amines) is 1. The number of non-ortho nitro benzene ring substituents is 1. The Hall–Kier alpha value is -1.66. The fourth-order valence-corrected chi connectivity index (χ4v) is 2.97. The van der Waals surface area contributed by atoms with Gasteiger partial charge in [-0.15, -0.1) is 0 Å². The SMILES string of the molecule is CCC1(CO)CCN(C(=O)c2cc([N+](=O)[O-])ccc2Cl)CC1. The molecule has 1 fully saturated rings. The second-order valence-electron chi connectivity index (χ2n) is 5.73. The van der Waals surface area contributed by atoms with Gasteiger partial charge in [-0.25, -0.2) is 0 Å². The van der Waals surface area contributed by atoms with Gasteiger partial charge in [0, 0.05) is 31.8 Å². The third kappa shape index (κ3) is 3.23. The molecule has 1 aromatic rings. The topological polar surface area (TPSA) is 83.7 Å². The number of hydrogen-bond acceptors (Lipinski definition) is 4. The number of nitro groups is 1. The first-order chi connectivity index (χ1) is 10.4. The monoisotopic (exact) mass is 326 g/mol. The Bertz CT molecular complexity index is 577. The van der Waals surface area contributed by atoms with Crippen molar-refractivity contribution in [1.82, 2.24) is 4.90 Å². The van der Waals surface area contributed by atoms with Crippen LogP contribution < -0.4 is 0 Å². The first-order valence-corrected chi connectivity index (χ1v) is 7.64. The molecule has 2 rings (SSSR count). The fraction of sp³-hybridized carbons (Fsp3) is 0.533. The lowest BCUT2D eigenvalue weighted by Gasteiger charge is -2.40. The van der Waals surface area contributed by atoms with Crippen LogP contribution in [-0.2, 0) is 0 Å². The maximum atomic E-state index is 12.5. The van der Waals surface area contributed by atoms with Gasteiger partial charge in [0.25, 0.3) is 11.6 Å². The summed E-state index contributed by atoms with van der Waals surface area (Å²) in [7, 11) is 0. The number of halogens is 1. The van der Waals surface area contributed by atoms with Crippen LogP contribution in [0.15, 0.2) is 18.2 Å². The predicted octanol–water partition coefficient (Wildman–Crippen LogP) is 2.87. The number of rotatable bonds is 4. The molecule has 0 aliphatic carbocycles. The molecular weight excluding hydrogens is 308 g/mol. The van der Waals surface area contributed by atoms with Crippen molar-refractivity contribution in [3.63, 3.8) is 0 Å². The summed E-state index contributed by atoms with van der Waals surface area (Å²) in [4.78, 5) is 24.5. The molecule has 1 aromatic carbocycles. The number of carbonyl (C=O) groups excluding carboxylic acids is 1. The number of amides is 1. The van der Waals surface area contributed by atoms with Gasteiger partial charge >= 0.3 is 0 Å². The number of aliphatic hydroxyl groups excluding tert-OH is 1. The molecule has 1 aliphatic rings. The van der Waals surface area contributed by atoms with Crippen molar-refractivity contribution in [2.75, 3.05) is 19.7 Å². The van der Waals surface area contributed by atoms with Crippen LogP contribution in [0.5, 0.6) is 0 Å². The summed E-state index contributed by atoms with van der Waals surface area (Å²) in [5.74, 6) is -0.295. The average Bonchev–Trinajstić information content (AvgIpc) is 2.54. The minimum atomic E-state index is -0.544. The van der Waals surface area contributed by atoms with E-state index >= 15 is 0 Å². The lowest BCUT2D eigenvalue weighted by atomic mass is 9.77. The van der Waals surface area contributed by atoms with Gasteiger partial charge in [0.2, 0.25) is 0 Å². The van der Waals surface area contributed by atoms with Gasteiger partial charge in [-0.2, -0.15) is 0 Å². The quantitative estimate of drug-likeness (QED) is 0.681. The van der Waals surface area contributed by atoms with E-state index in [-0.39, 0.29) is 34.2 Å². The van der Waals surface area contributed by atoms with Gasteiger partial charge in [-0.05, 0) is 30.7 Å². The van der Waals surface area contributed by atoms with Gasteiger partial charge in [0.05, 0.1) is 15.5 Å². The van der Waals surface area contributed by atoms with Crippen molar-refractivity contribution in [2.24, 2.45) is 5.41 Å². The number of piperidine rings is 1. The molecule has 0 aromatic heterocycles. The van der Waals surface area contributed by atoms with Crippen LogP contribution in [0.2, 0.25) is 5.02 Å². The Labute approximate surface area is 133 Å². The van der Waals surface area contributed by atoms with E-state index in [4.69, 9.17) is 11.6 Å². The lowest BCUT2D eigenvalue weighted by Crippen LogP contribution is -2.44. The van der Waals surface area contributed by atoms with Crippen molar-refractivity contribution in [2.45, 2.75) is 26.2 Å². The highest BCUT2D eigenvalue weighted by molar-refractivity contribution is 6.33. The smallest absolute Gasteiger partial charge is 0.270 e. The van der Waals surface area contributed by atoms with Crippen LogP contribution in [0.4, 0.5) is 5.69 Å². The van der Waals surface area contributed by atoms with E-state index in [1.54, 1.807) is 4.90 Å². The highest BCUT2D eigenvalue weighted by atomic mass is 35.5. The predicted molar refractivity (Wildman–Crippen MR) is 83.1 cm³/mol. The second-order valence-corrected chi connectivity index (χ2v) is 6.13. The summed E-state index contributed by atoms with van der Waals surface area (Å²) in [6.07, 6.45) is 2.31. The zero-order valence-electron chi connectivity index (χ0n) is 12.4. The molecule has 0 spiro atoms. The maximum absolute atomic E-state index is 12.5. The first kappa shape index (κ1) is 16.7. The molecule has 6 nitrogen and oxygen atoms in total. The van der Waals surface area contributed by atoms with Gasteiger partial charge < -0.3 is 10.0 Å². The number of nitrogens with zero attached hydrogens (tertiary/aromatic N) is 2. The van der Waals surface area contributed by atoms with Crippen molar-refractivity contribution in [3.05, 3.63) is 38.9 Å². The maximum Gasteiger partial charge on any atom is 0.270 e. The Kier molecular flexibility index (Phi) is 5.03. The minimum absolute atomic E-state index is 0.114. The molecule has 1 aliphatic heterocycles. The summed E-state index contributed by atoms with van der Waals surface area (Å²) >= 11 is 6.02. The Morgan fingerprint density at radius 3 is 2.59 bits per heavy atom. The molecule has 1 heterocycles. The van der Waals surface area contributed by atoms with Crippen molar-refractivity contribution in [1.29, 1.82) is 0 Å². The van der Waals surface area contributed by atoms with E-state index in [1.807, 2.05) is 6.92 Å². The third-order valence-corrected chi connectivity index (χ3v) is 4.92. The van der Waals surface area contributed by atoms with Crippen molar-refractivity contribution < 1.29 is 14.8 Å². The number of nitro benzene ring substituents is 1. The van der Waals surface area contributed by atoms with Gasteiger partial charge in [0.1, 0.15) is 0 Å². The highest BCUT2D eigenvalue weighted by Crippen LogP contribution is 2.35. The van der Waals surface area contributed by atoms with E-state index in [1.165, 1.54) is 18.2 Å². The van der Waals surface area contributed by atoms with Crippen molar-refractivity contribution >= 4 is 23.2 Å². The molecule has 7 heteroatoms. The molecule has 0 saturated carbocycles. The van der Waals surface area contributed by atoms with E-state index in [9.17, 15) is 20.0 Å². The molecule has 0 atom stereocenters. The van der Waals surface area contributed by atoms with Crippen LogP contribution in [0.1, 0.15) is 36.5 Å². The normalized spacial score (nSPS) is 17.3. The summed E-state index contributed by atoms with van der Waals surface area (Å²) in [5, 5.41) is 20.6. The molecule has 0 unspecified atom stereocenters. The van der Waals surface area contributed by atoms with Crippen molar-refractivity contribution in [3.8, 4) is 0 Å². The van der Waals surface area contributed by atoms with Crippen LogP contribution in [0.25, 0.3) is 0 Å². The molecule has 1 saturated heterocycles. The Balaban J connectivity index is 2.16.